The van der Waals surface area contributed by atoms with Gasteiger partial charge in [0.1, 0.15) is 11.5 Å². The van der Waals surface area contributed by atoms with Gasteiger partial charge >= 0.3 is 0 Å². The highest BCUT2D eigenvalue weighted by atomic mass is 31.1. The summed E-state index contributed by atoms with van der Waals surface area (Å²) in [4.78, 5) is 8.89. The Bertz CT molecular complexity index is 868. The lowest BCUT2D eigenvalue weighted by Gasteiger charge is -2.12. The van der Waals surface area contributed by atoms with Crippen LogP contribution in [0, 0.1) is 0 Å². The van der Waals surface area contributed by atoms with Crippen LogP contribution in [0.25, 0.3) is 22.3 Å². The average Bonchev–Trinajstić information content (AvgIpc) is 2.62. The van der Waals surface area contributed by atoms with E-state index in [1.54, 1.807) is 24.3 Å². The van der Waals surface area contributed by atoms with Crippen LogP contribution in [-0.2, 0) is 4.79 Å². The highest BCUT2D eigenvalue weighted by Crippen LogP contribution is 2.34. The first-order valence-electron chi connectivity index (χ1n) is 8.11. The molecule has 0 aliphatic carbocycles. The number of carbonyl (C=O) groups is 1. The van der Waals surface area contributed by atoms with Gasteiger partial charge in [0.25, 0.3) is 0 Å². The predicted octanol–water partition coefficient (Wildman–Crippen LogP) is 2.85. The summed E-state index contributed by atoms with van der Waals surface area (Å²) in [5, 5.41) is 29.3. The van der Waals surface area contributed by atoms with Crippen molar-refractivity contribution >= 4 is 19.9 Å². The Balaban J connectivity index is 0.000000552. The van der Waals surface area contributed by atoms with Gasteiger partial charge in [0.05, 0.1) is 5.30 Å². The van der Waals surface area contributed by atoms with Crippen molar-refractivity contribution < 1.29 is 20.1 Å². The van der Waals surface area contributed by atoms with Crippen LogP contribution in [0.2, 0.25) is 0 Å². The first-order valence-corrected chi connectivity index (χ1v) is 9.84. The number of carboxylic acid groups (broad SMARTS) is 1. The maximum atomic E-state index is 9.52. The molecule has 4 nitrogen and oxygen atoms in total. The highest BCUT2D eigenvalue weighted by Gasteiger charge is 2.14. The van der Waals surface area contributed by atoms with Crippen molar-refractivity contribution in [1.29, 1.82) is 0 Å². The molecule has 0 radical (unpaired) electrons. The molecule has 1 unspecified atom stereocenters. The number of benzene rings is 3. The van der Waals surface area contributed by atoms with E-state index < -0.39 is 5.97 Å². The maximum absolute atomic E-state index is 9.52. The number of rotatable bonds is 3. The van der Waals surface area contributed by atoms with E-state index in [0.717, 1.165) is 23.6 Å². The molecule has 3 aromatic carbocycles. The maximum Gasteiger partial charge on any atom is 0.115 e. The van der Waals surface area contributed by atoms with Crippen LogP contribution >= 0.6 is 8.58 Å². The molecule has 2 N–H and O–H groups in total. The molecule has 0 fully saturated rings. The SMILES string of the molecule is CC(=O)[O-].C[PH2+]c1cccc(-c2ccc(O)cc2)c1-c1ccc(O)cc1. The number of carboxylic acids is 1. The Morgan fingerprint density at radius 3 is 1.77 bits per heavy atom. The van der Waals surface area contributed by atoms with Crippen molar-refractivity contribution in [1.82, 2.24) is 0 Å². The van der Waals surface area contributed by atoms with E-state index in [4.69, 9.17) is 9.90 Å². The van der Waals surface area contributed by atoms with Crippen molar-refractivity contribution in [3.8, 4) is 33.8 Å². The zero-order chi connectivity index (χ0) is 19.1. The summed E-state index contributed by atoms with van der Waals surface area (Å²) in [5.41, 5.74) is 4.55. The third kappa shape index (κ3) is 5.08. The molecule has 0 aromatic heterocycles. The van der Waals surface area contributed by atoms with Crippen LogP contribution in [0.3, 0.4) is 0 Å². The van der Waals surface area contributed by atoms with Gasteiger partial charge in [-0.1, -0.05) is 36.4 Å². The van der Waals surface area contributed by atoms with E-state index >= 15 is 0 Å². The smallest absolute Gasteiger partial charge is 0.115 e. The summed E-state index contributed by atoms with van der Waals surface area (Å²) >= 11 is 0. The molecule has 0 amide bonds. The highest BCUT2D eigenvalue weighted by molar-refractivity contribution is 7.46. The summed E-state index contributed by atoms with van der Waals surface area (Å²) in [6, 6.07) is 21.0. The Morgan fingerprint density at radius 2 is 1.31 bits per heavy atom. The Labute approximate surface area is 154 Å². The monoisotopic (exact) mass is 368 g/mol. The predicted molar refractivity (Wildman–Crippen MR) is 107 cm³/mol. The largest absolute Gasteiger partial charge is 0.550 e. The molecule has 26 heavy (non-hydrogen) atoms. The van der Waals surface area contributed by atoms with Gasteiger partial charge < -0.3 is 20.1 Å². The molecule has 5 heteroatoms. The zero-order valence-corrected chi connectivity index (χ0v) is 15.8. The standard InChI is InChI=1S/C19H17O2P.C2H4O2/c1-22-18-4-2-3-17(13-5-9-15(20)10-6-13)19(18)14-7-11-16(21)12-8-14;1-2(3)4/h2-12,20-22H,1H3;1H3,(H,3,4). The lowest BCUT2D eigenvalue weighted by Crippen LogP contribution is -2.16. The first kappa shape index (κ1) is 19.5. The van der Waals surface area contributed by atoms with Crippen molar-refractivity contribution in [2.45, 2.75) is 6.92 Å². The Kier molecular flexibility index (Phi) is 6.76. The van der Waals surface area contributed by atoms with Gasteiger partial charge in [-0.05, 0) is 53.9 Å². The molecule has 0 bridgehead atoms. The second kappa shape index (κ2) is 9.02. The molecule has 0 aliphatic heterocycles. The normalized spacial score (nSPS) is 10.4. The number of hydrogen-bond donors (Lipinski definition) is 2. The molecule has 0 heterocycles. The molecule has 0 spiro atoms. The molecule has 0 aliphatic rings. The van der Waals surface area contributed by atoms with Gasteiger partial charge in [-0.25, -0.2) is 0 Å². The minimum absolute atomic E-state index is 0.171. The molecule has 0 saturated heterocycles. The zero-order valence-electron chi connectivity index (χ0n) is 14.6. The summed E-state index contributed by atoms with van der Waals surface area (Å²) in [7, 11) is 0.171. The average molecular weight is 368 g/mol. The van der Waals surface area contributed by atoms with Crippen LogP contribution in [0.5, 0.6) is 11.5 Å². The van der Waals surface area contributed by atoms with E-state index in [-0.39, 0.29) is 20.1 Å². The van der Waals surface area contributed by atoms with Gasteiger partial charge in [-0.2, -0.15) is 0 Å². The van der Waals surface area contributed by atoms with Gasteiger partial charge in [-0.3, -0.25) is 0 Å². The molecular weight excluding hydrogens is 347 g/mol. The van der Waals surface area contributed by atoms with Crippen molar-refractivity contribution in [3.05, 3.63) is 66.7 Å². The third-order valence-corrected chi connectivity index (χ3v) is 4.85. The minimum atomic E-state index is -1.08. The Hall–Kier alpha value is -2.84. The number of aliphatic carboxylic acids is 1. The molecule has 3 aromatic rings. The molecule has 134 valence electrons. The third-order valence-electron chi connectivity index (χ3n) is 3.74. The van der Waals surface area contributed by atoms with Crippen LogP contribution in [0.15, 0.2) is 66.7 Å². The molecule has 0 saturated carbocycles. The Morgan fingerprint density at radius 1 is 0.846 bits per heavy atom. The quantitative estimate of drug-likeness (QED) is 0.697. The number of aromatic hydroxyl groups is 2. The number of carbonyl (C=O) groups excluding carboxylic acids is 1. The lowest BCUT2D eigenvalue weighted by atomic mass is 9.94. The van der Waals surface area contributed by atoms with Crippen molar-refractivity contribution in [2.75, 3.05) is 6.66 Å². The topological polar surface area (TPSA) is 80.6 Å². The van der Waals surface area contributed by atoms with Crippen LogP contribution in [-0.4, -0.2) is 22.8 Å². The number of phenolic OH excluding ortho intramolecular Hbond substituents is 2. The van der Waals surface area contributed by atoms with Crippen LogP contribution in [0.4, 0.5) is 0 Å². The summed E-state index contributed by atoms with van der Waals surface area (Å²) < 4.78 is 0. The fourth-order valence-electron chi connectivity index (χ4n) is 2.64. The van der Waals surface area contributed by atoms with Gasteiger partial charge in [0.2, 0.25) is 0 Å². The van der Waals surface area contributed by atoms with Crippen molar-refractivity contribution in [2.24, 2.45) is 0 Å². The van der Waals surface area contributed by atoms with E-state index in [9.17, 15) is 10.2 Å². The summed E-state index contributed by atoms with van der Waals surface area (Å²) in [5.74, 6) is -0.538. The summed E-state index contributed by atoms with van der Waals surface area (Å²) in [6.45, 7) is 3.19. The molecule has 3 rings (SSSR count). The van der Waals surface area contributed by atoms with Crippen LogP contribution < -0.4 is 10.4 Å². The fraction of sp³-hybridized carbons (Fsp3) is 0.0952. The second-order valence-electron chi connectivity index (χ2n) is 5.64. The van der Waals surface area contributed by atoms with E-state index in [0.29, 0.717) is 0 Å². The van der Waals surface area contributed by atoms with E-state index in [1.807, 2.05) is 24.3 Å². The van der Waals surface area contributed by atoms with Gasteiger partial charge in [0.15, 0.2) is 0 Å². The fourth-order valence-corrected chi connectivity index (χ4v) is 3.56. The molecular formula is C21H21O4P. The van der Waals surface area contributed by atoms with E-state index in [1.165, 1.54) is 10.9 Å². The second-order valence-corrected chi connectivity index (χ2v) is 6.84. The minimum Gasteiger partial charge on any atom is -0.550 e. The van der Waals surface area contributed by atoms with Gasteiger partial charge in [0, 0.05) is 26.8 Å². The lowest BCUT2D eigenvalue weighted by molar-refractivity contribution is -0.302. The van der Waals surface area contributed by atoms with Crippen molar-refractivity contribution in [3.63, 3.8) is 0 Å². The number of phenols is 2. The first-order chi connectivity index (χ1) is 12.4. The molecule has 1 atom stereocenters. The van der Waals surface area contributed by atoms with Gasteiger partial charge in [-0.15, -0.1) is 0 Å². The van der Waals surface area contributed by atoms with E-state index in [2.05, 4.69) is 24.9 Å². The summed E-state index contributed by atoms with van der Waals surface area (Å²) in [6.07, 6.45) is 0. The number of hydrogen-bond acceptors (Lipinski definition) is 4. The van der Waals surface area contributed by atoms with Crippen LogP contribution in [0.1, 0.15) is 6.92 Å².